The molecule has 1 heterocycles. The number of thiocarbonyl (C=S) groups is 1. The summed E-state index contributed by atoms with van der Waals surface area (Å²) < 4.78 is 30.8. The van der Waals surface area contributed by atoms with E-state index in [0.29, 0.717) is 10.7 Å². The second-order valence-corrected chi connectivity index (χ2v) is 6.55. The van der Waals surface area contributed by atoms with Crippen LogP contribution in [0.2, 0.25) is 0 Å². The van der Waals surface area contributed by atoms with Crippen LogP contribution in [0.15, 0.2) is 0 Å². The predicted octanol–water partition coefficient (Wildman–Crippen LogP) is 1.60. The molecule has 1 fully saturated rings. The Morgan fingerprint density at radius 1 is 1.50 bits per heavy atom. The van der Waals surface area contributed by atoms with Crippen molar-refractivity contribution in [2.24, 2.45) is 0 Å². The van der Waals surface area contributed by atoms with E-state index in [2.05, 4.69) is 0 Å². The molecule has 1 unspecified atom stereocenters. The fourth-order valence-corrected chi connectivity index (χ4v) is 4.07. The molecule has 0 bridgehead atoms. The maximum Gasteiger partial charge on any atom is 0.367 e. The Hall–Kier alpha value is -0.180. The number of hydrogen-bond donors (Lipinski definition) is 1. The molecule has 1 atom stereocenters. The van der Waals surface area contributed by atoms with Crippen molar-refractivity contribution >= 4 is 44.5 Å². The fourth-order valence-electron chi connectivity index (χ4n) is 1.41. The third-order valence-electron chi connectivity index (χ3n) is 2.19. The van der Waals surface area contributed by atoms with Crippen molar-refractivity contribution in [1.29, 1.82) is 0 Å². The molecule has 0 saturated carbocycles. The van der Waals surface area contributed by atoms with Crippen molar-refractivity contribution in [3.05, 3.63) is 0 Å². The van der Waals surface area contributed by atoms with Crippen molar-refractivity contribution in [2.45, 2.75) is 37.9 Å². The zero-order chi connectivity index (χ0) is 12.3. The van der Waals surface area contributed by atoms with E-state index in [9.17, 15) is 13.2 Å². The fraction of sp³-hybridized carbons (Fsp3) is 0.750. The first-order valence-corrected chi connectivity index (χ1v) is 7.58. The molecule has 0 aliphatic carbocycles. The standard InChI is InChI=1S/C8H13NO4S3/c1-2-3-4-5-6-7(10)9(8(14)15-6)16(11,12)13/h6H,2-5H2,1H3,(H,11,12,13). The van der Waals surface area contributed by atoms with Crippen LogP contribution in [0, 0.1) is 0 Å². The Morgan fingerprint density at radius 3 is 2.56 bits per heavy atom. The zero-order valence-electron chi connectivity index (χ0n) is 8.75. The van der Waals surface area contributed by atoms with E-state index in [0.717, 1.165) is 31.0 Å². The molecule has 0 aromatic carbocycles. The van der Waals surface area contributed by atoms with Crippen LogP contribution in [-0.4, -0.2) is 32.8 Å². The lowest BCUT2D eigenvalue weighted by molar-refractivity contribution is -0.123. The average molecular weight is 283 g/mol. The smallest absolute Gasteiger partial charge is 0.272 e. The minimum absolute atomic E-state index is 0.0889. The molecular weight excluding hydrogens is 270 g/mol. The van der Waals surface area contributed by atoms with Crippen molar-refractivity contribution in [2.75, 3.05) is 0 Å². The van der Waals surface area contributed by atoms with Gasteiger partial charge in [-0.25, -0.2) is 0 Å². The SMILES string of the molecule is CCCCCC1SC(=S)N(S(=O)(=O)O)C1=O. The molecule has 1 rings (SSSR count). The quantitative estimate of drug-likeness (QED) is 0.469. The number of carbonyl (C=O) groups is 1. The van der Waals surface area contributed by atoms with E-state index < -0.39 is 21.5 Å². The number of rotatable bonds is 5. The number of nitrogens with zero attached hydrogens (tertiary/aromatic N) is 1. The molecule has 1 amide bonds. The number of thioether (sulfide) groups is 1. The lowest BCUT2D eigenvalue weighted by Crippen LogP contribution is -2.36. The second-order valence-electron chi connectivity index (χ2n) is 3.45. The van der Waals surface area contributed by atoms with Crippen LogP contribution >= 0.6 is 24.0 Å². The van der Waals surface area contributed by atoms with Gasteiger partial charge in [0.25, 0.3) is 5.91 Å². The van der Waals surface area contributed by atoms with Crippen LogP contribution < -0.4 is 0 Å². The third-order valence-corrected chi connectivity index (χ3v) is 4.82. The summed E-state index contributed by atoms with van der Waals surface area (Å²) in [5, 5.41) is -0.471. The molecule has 0 aromatic rings. The summed E-state index contributed by atoms with van der Waals surface area (Å²) in [5.74, 6) is -0.631. The molecule has 92 valence electrons. The molecule has 0 spiro atoms. The van der Waals surface area contributed by atoms with E-state index in [-0.39, 0.29) is 4.32 Å². The first-order valence-electron chi connectivity index (χ1n) is 4.90. The third kappa shape index (κ3) is 3.16. The minimum Gasteiger partial charge on any atom is -0.272 e. The van der Waals surface area contributed by atoms with Gasteiger partial charge in [0, 0.05) is 0 Å². The van der Waals surface area contributed by atoms with Crippen molar-refractivity contribution in [3.8, 4) is 0 Å². The summed E-state index contributed by atoms with van der Waals surface area (Å²) in [6.07, 6.45) is 3.45. The molecule has 5 nitrogen and oxygen atoms in total. The van der Waals surface area contributed by atoms with Gasteiger partial charge in [0.15, 0.2) is 4.32 Å². The molecule has 8 heteroatoms. The van der Waals surface area contributed by atoms with Gasteiger partial charge in [0.05, 0.1) is 5.25 Å². The molecule has 0 aromatic heterocycles. The van der Waals surface area contributed by atoms with Crippen LogP contribution in [0.4, 0.5) is 0 Å². The highest BCUT2D eigenvalue weighted by Gasteiger charge is 2.42. The molecule has 16 heavy (non-hydrogen) atoms. The highest BCUT2D eigenvalue weighted by molar-refractivity contribution is 8.25. The van der Waals surface area contributed by atoms with E-state index in [1.807, 2.05) is 6.92 Å². The average Bonchev–Trinajstić information content (AvgIpc) is 2.41. The van der Waals surface area contributed by atoms with Gasteiger partial charge in [0.1, 0.15) is 0 Å². The van der Waals surface area contributed by atoms with Gasteiger partial charge < -0.3 is 0 Å². The van der Waals surface area contributed by atoms with Crippen LogP contribution in [-0.2, 0) is 15.1 Å². The Morgan fingerprint density at radius 2 is 2.12 bits per heavy atom. The summed E-state index contributed by atoms with van der Waals surface area (Å²) in [7, 11) is -4.54. The van der Waals surface area contributed by atoms with Gasteiger partial charge in [-0.3, -0.25) is 9.35 Å². The first kappa shape index (κ1) is 13.9. The zero-order valence-corrected chi connectivity index (χ0v) is 11.2. The van der Waals surface area contributed by atoms with Gasteiger partial charge >= 0.3 is 10.3 Å². The Labute approximate surface area is 104 Å². The Kier molecular flexibility index (Phi) is 4.72. The van der Waals surface area contributed by atoms with E-state index >= 15 is 0 Å². The monoisotopic (exact) mass is 283 g/mol. The highest BCUT2D eigenvalue weighted by Crippen LogP contribution is 2.32. The summed E-state index contributed by atoms with van der Waals surface area (Å²) in [5.41, 5.74) is 0. The van der Waals surface area contributed by atoms with Gasteiger partial charge in [-0.05, 0) is 6.42 Å². The van der Waals surface area contributed by atoms with Crippen LogP contribution in [0.3, 0.4) is 0 Å². The molecule has 1 aliphatic rings. The lowest BCUT2D eigenvalue weighted by Gasteiger charge is -2.10. The number of hydrogen-bond acceptors (Lipinski definition) is 5. The maximum atomic E-state index is 11.6. The van der Waals surface area contributed by atoms with Crippen molar-refractivity contribution in [3.63, 3.8) is 0 Å². The molecule has 1 N–H and O–H groups in total. The van der Waals surface area contributed by atoms with Gasteiger partial charge in [-0.1, -0.05) is 50.2 Å². The topological polar surface area (TPSA) is 74.7 Å². The minimum atomic E-state index is -4.54. The highest BCUT2D eigenvalue weighted by atomic mass is 32.2. The second kappa shape index (κ2) is 5.44. The predicted molar refractivity (Wildman–Crippen MR) is 66.5 cm³/mol. The summed E-state index contributed by atoms with van der Waals surface area (Å²) >= 11 is 5.78. The molecule has 0 radical (unpaired) electrons. The van der Waals surface area contributed by atoms with E-state index in [4.69, 9.17) is 16.8 Å². The van der Waals surface area contributed by atoms with Gasteiger partial charge in [-0.2, -0.15) is 12.7 Å². The normalized spacial score (nSPS) is 21.9. The van der Waals surface area contributed by atoms with Crippen LogP contribution in [0.5, 0.6) is 0 Å². The number of amides is 1. The van der Waals surface area contributed by atoms with Gasteiger partial charge in [0.2, 0.25) is 0 Å². The number of unbranched alkanes of at least 4 members (excludes halogenated alkanes) is 2. The van der Waals surface area contributed by atoms with Crippen molar-refractivity contribution < 1.29 is 17.8 Å². The Balaban J connectivity index is 2.68. The van der Waals surface area contributed by atoms with Crippen molar-refractivity contribution in [1.82, 2.24) is 4.31 Å². The summed E-state index contributed by atoms with van der Waals surface area (Å²) in [4.78, 5) is 11.6. The largest absolute Gasteiger partial charge is 0.367 e. The first-order chi connectivity index (χ1) is 7.38. The summed E-state index contributed by atoms with van der Waals surface area (Å²) in [6, 6.07) is 0. The maximum absolute atomic E-state index is 11.6. The van der Waals surface area contributed by atoms with E-state index in [1.165, 1.54) is 0 Å². The van der Waals surface area contributed by atoms with Gasteiger partial charge in [-0.15, -0.1) is 0 Å². The summed E-state index contributed by atoms with van der Waals surface area (Å²) in [6.45, 7) is 2.04. The van der Waals surface area contributed by atoms with E-state index in [1.54, 1.807) is 0 Å². The molecule has 1 saturated heterocycles. The van der Waals surface area contributed by atoms with Crippen LogP contribution in [0.25, 0.3) is 0 Å². The molecule has 1 aliphatic heterocycles. The lowest BCUT2D eigenvalue weighted by atomic mass is 10.1. The van der Waals surface area contributed by atoms with Crippen LogP contribution in [0.1, 0.15) is 32.6 Å². The molecular formula is C8H13NO4S3. The number of carbonyl (C=O) groups excluding carboxylic acids is 1. The Bertz CT molecular complexity index is 392.